The highest BCUT2D eigenvalue weighted by Gasteiger charge is 2.33. The van der Waals surface area contributed by atoms with Gasteiger partial charge in [0.25, 0.3) is 0 Å². The van der Waals surface area contributed by atoms with E-state index >= 15 is 0 Å². The summed E-state index contributed by atoms with van der Waals surface area (Å²) in [6.07, 6.45) is 5.55. The molecule has 1 saturated heterocycles. The van der Waals surface area contributed by atoms with E-state index in [0.29, 0.717) is 6.54 Å². The Labute approximate surface area is 97.6 Å². The summed E-state index contributed by atoms with van der Waals surface area (Å²) in [5.74, 6) is 0.761. The van der Waals surface area contributed by atoms with Crippen LogP contribution in [0, 0.1) is 5.92 Å². The molecule has 0 aromatic rings. The molecule has 0 radical (unpaired) electrons. The Bertz CT molecular complexity index is 255. The second-order valence-electron chi connectivity index (χ2n) is 5.54. The highest BCUT2D eigenvalue weighted by atomic mass is 16.2. The van der Waals surface area contributed by atoms with E-state index in [4.69, 9.17) is 5.73 Å². The number of carbonyl (C=O) groups is 1. The first-order valence-corrected chi connectivity index (χ1v) is 6.41. The van der Waals surface area contributed by atoms with Gasteiger partial charge in [0.15, 0.2) is 0 Å². The van der Waals surface area contributed by atoms with Gasteiger partial charge in [-0.3, -0.25) is 0 Å². The number of piperidine rings is 1. The van der Waals surface area contributed by atoms with Crippen LogP contribution < -0.4 is 11.1 Å². The molecule has 1 aliphatic carbocycles. The van der Waals surface area contributed by atoms with Crippen LogP contribution in [0.4, 0.5) is 4.79 Å². The maximum atomic E-state index is 11.9. The summed E-state index contributed by atoms with van der Waals surface area (Å²) in [5.41, 5.74) is 5.96. The quantitative estimate of drug-likeness (QED) is 0.744. The monoisotopic (exact) mass is 225 g/mol. The van der Waals surface area contributed by atoms with Crippen molar-refractivity contribution in [3.05, 3.63) is 0 Å². The molecule has 2 rings (SSSR count). The van der Waals surface area contributed by atoms with Gasteiger partial charge in [0, 0.05) is 25.2 Å². The van der Waals surface area contributed by atoms with E-state index in [-0.39, 0.29) is 11.6 Å². The molecule has 2 fully saturated rings. The maximum Gasteiger partial charge on any atom is 0.317 e. The highest BCUT2D eigenvalue weighted by molar-refractivity contribution is 5.74. The summed E-state index contributed by atoms with van der Waals surface area (Å²) >= 11 is 0. The second-order valence-corrected chi connectivity index (χ2v) is 5.54. The van der Waals surface area contributed by atoms with Crippen molar-refractivity contribution in [3.8, 4) is 0 Å². The molecular weight excluding hydrogens is 202 g/mol. The van der Waals surface area contributed by atoms with E-state index in [0.717, 1.165) is 44.7 Å². The molecule has 1 aliphatic heterocycles. The van der Waals surface area contributed by atoms with Crippen LogP contribution in [0.3, 0.4) is 0 Å². The zero-order valence-corrected chi connectivity index (χ0v) is 10.2. The van der Waals surface area contributed by atoms with Gasteiger partial charge in [-0.05, 0) is 38.0 Å². The van der Waals surface area contributed by atoms with Crippen molar-refractivity contribution in [3.63, 3.8) is 0 Å². The lowest BCUT2D eigenvalue weighted by Gasteiger charge is -2.39. The van der Waals surface area contributed by atoms with E-state index in [1.54, 1.807) is 0 Å². The Balaban J connectivity index is 1.71. The number of carbonyl (C=O) groups excluding carboxylic acids is 1. The third-order valence-electron chi connectivity index (χ3n) is 4.01. The highest BCUT2D eigenvalue weighted by Crippen LogP contribution is 2.28. The summed E-state index contributed by atoms with van der Waals surface area (Å²) in [6, 6.07) is 0.0728. The molecule has 2 amide bonds. The lowest BCUT2D eigenvalue weighted by Crippen LogP contribution is -2.57. The van der Waals surface area contributed by atoms with Crippen LogP contribution in [0.25, 0.3) is 0 Å². The van der Waals surface area contributed by atoms with Gasteiger partial charge in [-0.1, -0.05) is 6.92 Å². The average molecular weight is 225 g/mol. The molecule has 16 heavy (non-hydrogen) atoms. The van der Waals surface area contributed by atoms with E-state index < -0.39 is 0 Å². The predicted molar refractivity (Wildman–Crippen MR) is 64.1 cm³/mol. The number of hydrogen-bond acceptors (Lipinski definition) is 2. The van der Waals surface area contributed by atoms with Crippen molar-refractivity contribution >= 4 is 6.03 Å². The number of urea groups is 1. The zero-order valence-electron chi connectivity index (χ0n) is 10.2. The molecule has 0 spiro atoms. The van der Waals surface area contributed by atoms with Gasteiger partial charge in [0.1, 0.15) is 0 Å². The Morgan fingerprint density at radius 2 is 2.06 bits per heavy atom. The minimum absolute atomic E-state index is 0.0728. The maximum absolute atomic E-state index is 11.9. The molecule has 4 heteroatoms. The van der Waals surface area contributed by atoms with E-state index in [2.05, 4.69) is 12.2 Å². The number of hydrogen-bond donors (Lipinski definition) is 2. The predicted octanol–water partition coefficient (Wildman–Crippen LogP) is 1.31. The molecule has 0 bridgehead atoms. The van der Waals surface area contributed by atoms with Gasteiger partial charge in [0.05, 0.1) is 0 Å². The molecule has 92 valence electrons. The summed E-state index contributed by atoms with van der Waals surface area (Å²) < 4.78 is 0. The third-order valence-corrected chi connectivity index (χ3v) is 4.01. The Kier molecular flexibility index (Phi) is 3.38. The zero-order chi connectivity index (χ0) is 11.6. The lowest BCUT2D eigenvalue weighted by atomic mass is 9.78. The average Bonchev–Trinajstić information content (AvgIpc) is 2.24. The largest absolute Gasteiger partial charge is 0.336 e. The number of nitrogens with two attached hydrogens (primary N) is 1. The topological polar surface area (TPSA) is 58.4 Å². The number of amides is 2. The van der Waals surface area contributed by atoms with E-state index in [1.165, 1.54) is 6.42 Å². The smallest absolute Gasteiger partial charge is 0.317 e. The van der Waals surface area contributed by atoms with Crippen molar-refractivity contribution < 1.29 is 4.79 Å². The number of nitrogens with zero attached hydrogens (tertiary/aromatic N) is 1. The van der Waals surface area contributed by atoms with Gasteiger partial charge < -0.3 is 16.0 Å². The fourth-order valence-corrected chi connectivity index (χ4v) is 2.38. The molecule has 0 aromatic carbocycles. The van der Waals surface area contributed by atoms with Gasteiger partial charge >= 0.3 is 6.03 Å². The summed E-state index contributed by atoms with van der Waals surface area (Å²) in [5, 5.41) is 2.97. The minimum atomic E-state index is -0.112. The first kappa shape index (κ1) is 11.7. The van der Waals surface area contributed by atoms with Crippen LogP contribution in [0.15, 0.2) is 0 Å². The van der Waals surface area contributed by atoms with Crippen LogP contribution in [0.5, 0.6) is 0 Å². The van der Waals surface area contributed by atoms with Crippen molar-refractivity contribution in [1.82, 2.24) is 10.2 Å². The number of likely N-dealkylation sites (tertiary alicyclic amines) is 1. The van der Waals surface area contributed by atoms with Crippen molar-refractivity contribution in [2.75, 3.05) is 19.6 Å². The summed E-state index contributed by atoms with van der Waals surface area (Å²) in [7, 11) is 0. The van der Waals surface area contributed by atoms with Gasteiger partial charge in [-0.15, -0.1) is 0 Å². The molecule has 0 aromatic heterocycles. The molecule has 1 saturated carbocycles. The van der Waals surface area contributed by atoms with E-state index in [9.17, 15) is 4.79 Å². The molecule has 4 nitrogen and oxygen atoms in total. The van der Waals surface area contributed by atoms with Gasteiger partial charge in [0.2, 0.25) is 0 Å². The molecule has 0 unspecified atom stereocenters. The molecule has 2 aliphatic rings. The Morgan fingerprint density at radius 1 is 1.44 bits per heavy atom. The minimum Gasteiger partial charge on any atom is -0.336 e. The SMILES string of the molecule is CC1CCN(C(=O)NCC2(N)CCC2)CC1. The first-order valence-electron chi connectivity index (χ1n) is 6.41. The van der Waals surface area contributed by atoms with Crippen LogP contribution >= 0.6 is 0 Å². The summed E-state index contributed by atoms with van der Waals surface area (Å²) in [4.78, 5) is 13.8. The first-order chi connectivity index (χ1) is 7.59. The van der Waals surface area contributed by atoms with Crippen LogP contribution in [-0.2, 0) is 0 Å². The fourth-order valence-electron chi connectivity index (χ4n) is 2.38. The van der Waals surface area contributed by atoms with Crippen molar-refractivity contribution in [2.45, 2.75) is 44.6 Å². The van der Waals surface area contributed by atoms with Crippen LogP contribution in [-0.4, -0.2) is 36.1 Å². The standard InChI is InChI=1S/C12H23N3O/c1-10-3-7-15(8-4-10)11(16)14-9-12(13)5-2-6-12/h10H,2-9,13H2,1H3,(H,14,16). The van der Waals surface area contributed by atoms with E-state index in [1.807, 2.05) is 4.90 Å². The Hall–Kier alpha value is -0.770. The summed E-state index contributed by atoms with van der Waals surface area (Å²) in [6.45, 7) is 4.67. The van der Waals surface area contributed by atoms with Gasteiger partial charge in [-0.25, -0.2) is 4.79 Å². The molecule has 1 heterocycles. The lowest BCUT2D eigenvalue weighted by molar-refractivity contribution is 0.165. The fraction of sp³-hybridized carbons (Fsp3) is 0.917. The van der Waals surface area contributed by atoms with Crippen LogP contribution in [0.1, 0.15) is 39.0 Å². The number of rotatable bonds is 2. The molecule has 3 N–H and O–H groups in total. The van der Waals surface area contributed by atoms with Crippen LogP contribution in [0.2, 0.25) is 0 Å². The molecule has 0 atom stereocenters. The van der Waals surface area contributed by atoms with Crippen molar-refractivity contribution in [2.24, 2.45) is 11.7 Å². The molecular formula is C12H23N3O. The third kappa shape index (κ3) is 2.67. The second kappa shape index (κ2) is 4.62. The van der Waals surface area contributed by atoms with Crippen molar-refractivity contribution in [1.29, 1.82) is 0 Å². The Morgan fingerprint density at radius 3 is 2.56 bits per heavy atom. The van der Waals surface area contributed by atoms with Gasteiger partial charge in [-0.2, -0.15) is 0 Å². The number of nitrogens with one attached hydrogen (secondary N) is 1. The normalized spacial score (nSPS) is 25.0.